The van der Waals surface area contributed by atoms with Gasteiger partial charge in [-0.1, -0.05) is 25.8 Å². The molecule has 0 radical (unpaired) electrons. The molecular formula is C31H46N2O5S. The molecule has 2 saturated heterocycles. The maximum absolute atomic E-state index is 13.2. The van der Waals surface area contributed by atoms with Crippen LogP contribution in [0.5, 0.6) is 0 Å². The summed E-state index contributed by atoms with van der Waals surface area (Å²) in [6, 6.07) is 0.371. The van der Waals surface area contributed by atoms with Gasteiger partial charge in [-0.25, -0.2) is 4.79 Å². The summed E-state index contributed by atoms with van der Waals surface area (Å²) in [6.07, 6.45) is 11.4. The van der Waals surface area contributed by atoms with Gasteiger partial charge >= 0.3 is 12.0 Å². The molecule has 6 rings (SSSR count). The molecule has 216 valence electrons. The van der Waals surface area contributed by atoms with Crippen LogP contribution in [0.1, 0.15) is 91.4 Å². The topological polar surface area (TPSA) is 105 Å². The Kier molecular flexibility index (Phi) is 7.35. The number of hydrogen-bond acceptors (Lipinski definition) is 6. The van der Waals surface area contributed by atoms with Gasteiger partial charge in [-0.2, -0.15) is 11.8 Å². The van der Waals surface area contributed by atoms with E-state index >= 15 is 0 Å². The van der Waals surface area contributed by atoms with Gasteiger partial charge in [0.05, 0.1) is 18.2 Å². The molecule has 6 aliphatic rings. The average molecular weight is 559 g/mol. The van der Waals surface area contributed by atoms with Crippen molar-refractivity contribution < 1.29 is 24.2 Å². The van der Waals surface area contributed by atoms with Crippen LogP contribution in [-0.2, 0) is 14.3 Å². The molecule has 8 heteroatoms. The average Bonchev–Trinajstić information content (AvgIpc) is 3.54. The van der Waals surface area contributed by atoms with Gasteiger partial charge in [-0.15, -0.1) is 0 Å². The first-order chi connectivity index (χ1) is 18.6. The fraction of sp³-hybridized carbons (Fsp3) is 0.839. The maximum atomic E-state index is 13.2. The molecule has 7 nitrogen and oxygen atoms in total. The summed E-state index contributed by atoms with van der Waals surface area (Å²) in [5.41, 5.74) is 1.31. The minimum atomic E-state index is -0.312. The van der Waals surface area contributed by atoms with E-state index in [0.717, 1.165) is 63.5 Å². The Morgan fingerprint density at radius 2 is 1.92 bits per heavy atom. The van der Waals surface area contributed by atoms with E-state index < -0.39 is 0 Å². The summed E-state index contributed by atoms with van der Waals surface area (Å²) in [4.78, 5) is 37.5. The molecule has 0 spiro atoms. The Morgan fingerprint density at radius 1 is 1.10 bits per heavy atom. The van der Waals surface area contributed by atoms with E-state index in [9.17, 15) is 19.5 Å². The summed E-state index contributed by atoms with van der Waals surface area (Å²) in [7, 11) is 0. The zero-order valence-electron chi connectivity index (χ0n) is 23.7. The molecule has 5 fully saturated rings. The highest BCUT2D eigenvalue weighted by molar-refractivity contribution is 8.00. The van der Waals surface area contributed by atoms with Crippen molar-refractivity contribution in [3.8, 4) is 0 Å². The van der Waals surface area contributed by atoms with E-state index in [-0.39, 0.29) is 59.0 Å². The molecule has 3 unspecified atom stereocenters. The summed E-state index contributed by atoms with van der Waals surface area (Å²) in [5.74, 6) is 2.29. The molecule has 3 saturated carbocycles. The minimum Gasteiger partial charge on any atom is -0.458 e. The summed E-state index contributed by atoms with van der Waals surface area (Å²) in [5, 5.41) is 16.9. The van der Waals surface area contributed by atoms with Crippen LogP contribution < -0.4 is 10.6 Å². The van der Waals surface area contributed by atoms with Crippen LogP contribution in [0, 0.1) is 34.5 Å². The summed E-state index contributed by atoms with van der Waals surface area (Å²) in [6.45, 7) is 6.46. The molecule has 11 atom stereocenters. The lowest BCUT2D eigenvalue weighted by Gasteiger charge is -2.59. The van der Waals surface area contributed by atoms with E-state index in [0.29, 0.717) is 35.7 Å². The second kappa shape index (κ2) is 10.4. The predicted molar refractivity (Wildman–Crippen MR) is 151 cm³/mol. The van der Waals surface area contributed by atoms with Gasteiger partial charge in [0, 0.05) is 29.3 Å². The molecule has 3 N–H and O–H groups in total. The standard InChI is InChI=1S/C31H46N2O5S/c1-17(34)20-8-9-21-27-22(11-13-31(20,21)3)30(2)12-10-19(35)14-18(30)15-24(27)38-26(36)7-5-4-6-25-28-23(16-39-25)32-29(37)33-28/h15,19-25,27-28,35H,4-14,16H2,1-3H3,(H2,32,33,37)/t19-,20+,21-,22-,23?,24?,25-,27-,28?,30-,31+/m0/s1. The van der Waals surface area contributed by atoms with Gasteiger partial charge < -0.3 is 20.5 Å². The molecule has 2 aliphatic heterocycles. The van der Waals surface area contributed by atoms with Crippen molar-refractivity contribution in [3.05, 3.63) is 11.6 Å². The molecule has 2 heterocycles. The van der Waals surface area contributed by atoms with Crippen molar-refractivity contribution in [2.24, 2.45) is 34.5 Å². The number of carbonyl (C=O) groups is 3. The number of urea groups is 1. The number of Topliss-reactive ketones (excluding diaryl/α,β-unsaturated/α-hetero) is 1. The smallest absolute Gasteiger partial charge is 0.315 e. The van der Waals surface area contributed by atoms with Gasteiger partial charge in [0.25, 0.3) is 0 Å². The van der Waals surface area contributed by atoms with E-state index in [1.54, 1.807) is 6.92 Å². The lowest BCUT2D eigenvalue weighted by Crippen LogP contribution is -2.55. The Bertz CT molecular complexity index is 1050. The number of hydrogen-bond donors (Lipinski definition) is 3. The highest BCUT2D eigenvalue weighted by Crippen LogP contribution is 2.66. The third-order valence-electron chi connectivity index (χ3n) is 11.9. The highest BCUT2D eigenvalue weighted by atomic mass is 32.2. The zero-order valence-corrected chi connectivity index (χ0v) is 24.6. The van der Waals surface area contributed by atoms with E-state index in [1.807, 2.05) is 11.8 Å². The van der Waals surface area contributed by atoms with Crippen LogP contribution in [0.4, 0.5) is 4.79 Å². The molecule has 2 amide bonds. The van der Waals surface area contributed by atoms with Crippen LogP contribution in [-0.4, -0.2) is 58.2 Å². The van der Waals surface area contributed by atoms with Crippen molar-refractivity contribution >= 4 is 29.5 Å². The molecule has 4 aliphatic carbocycles. The Labute approximate surface area is 237 Å². The molecule has 0 aromatic heterocycles. The predicted octanol–water partition coefficient (Wildman–Crippen LogP) is 4.76. The number of ether oxygens (including phenoxy) is 1. The van der Waals surface area contributed by atoms with Gasteiger partial charge in [0.15, 0.2) is 0 Å². The van der Waals surface area contributed by atoms with Crippen LogP contribution in [0.25, 0.3) is 0 Å². The van der Waals surface area contributed by atoms with Crippen molar-refractivity contribution in [3.63, 3.8) is 0 Å². The first kappa shape index (κ1) is 27.6. The summed E-state index contributed by atoms with van der Waals surface area (Å²) >= 11 is 1.91. The third-order valence-corrected chi connectivity index (χ3v) is 13.4. The van der Waals surface area contributed by atoms with Gasteiger partial charge in [0.2, 0.25) is 0 Å². The highest BCUT2D eigenvalue weighted by Gasteiger charge is 2.62. The molecule has 0 bridgehead atoms. The Hall–Kier alpha value is -1.54. The second-order valence-electron chi connectivity index (χ2n) is 13.9. The fourth-order valence-electron chi connectivity index (χ4n) is 9.85. The number of unbranched alkanes of at least 4 members (excludes halogenated alkanes) is 1. The van der Waals surface area contributed by atoms with E-state index in [2.05, 4.69) is 30.6 Å². The van der Waals surface area contributed by atoms with Crippen molar-refractivity contribution in [1.29, 1.82) is 0 Å². The molecule has 0 aromatic carbocycles. The van der Waals surface area contributed by atoms with E-state index in [1.165, 1.54) is 5.57 Å². The number of aliphatic hydroxyl groups is 1. The number of amides is 2. The van der Waals surface area contributed by atoms with Crippen molar-refractivity contribution in [1.82, 2.24) is 10.6 Å². The number of aliphatic hydroxyl groups excluding tert-OH is 1. The lowest BCUT2D eigenvalue weighted by molar-refractivity contribution is -0.161. The summed E-state index contributed by atoms with van der Waals surface area (Å²) < 4.78 is 6.34. The van der Waals surface area contributed by atoms with E-state index in [4.69, 9.17) is 4.74 Å². The number of thioether (sulfide) groups is 1. The van der Waals surface area contributed by atoms with Gasteiger partial charge in [-0.05, 0) is 93.5 Å². The number of ketones is 1. The Morgan fingerprint density at radius 3 is 2.72 bits per heavy atom. The maximum Gasteiger partial charge on any atom is 0.315 e. The SMILES string of the molecule is CC(=O)[C@H]1CC[C@H]2[C@@H]3C(OC(=O)CCCC[C@@H]4SCC5NC(=O)NC54)C=C4C[C@@H](O)CC[C@]4(C)[C@H]3CC[C@]12C. The van der Waals surface area contributed by atoms with Crippen LogP contribution >= 0.6 is 11.8 Å². The third kappa shape index (κ3) is 4.75. The Balaban J connectivity index is 1.14. The lowest BCUT2D eigenvalue weighted by atomic mass is 9.46. The quantitative estimate of drug-likeness (QED) is 0.180. The van der Waals surface area contributed by atoms with Gasteiger partial charge in [0.1, 0.15) is 11.9 Å². The minimum absolute atomic E-state index is 0.0190. The first-order valence-corrected chi connectivity index (χ1v) is 16.4. The number of rotatable bonds is 7. The van der Waals surface area contributed by atoms with Gasteiger partial charge in [-0.3, -0.25) is 9.59 Å². The number of carbonyl (C=O) groups excluding carboxylic acids is 3. The second-order valence-corrected chi connectivity index (χ2v) is 15.2. The number of esters is 1. The largest absolute Gasteiger partial charge is 0.458 e. The molecule has 39 heavy (non-hydrogen) atoms. The van der Waals surface area contributed by atoms with Crippen LogP contribution in [0.3, 0.4) is 0 Å². The monoisotopic (exact) mass is 558 g/mol. The fourth-order valence-corrected chi connectivity index (χ4v) is 11.4. The van der Waals surface area contributed by atoms with Crippen LogP contribution in [0.15, 0.2) is 11.6 Å². The zero-order chi connectivity index (χ0) is 27.5. The molecule has 0 aromatic rings. The number of fused-ring (bicyclic) bond motifs is 6. The number of nitrogens with one attached hydrogen (secondary N) is 2. The van der Waals surface area contributed by atoms with Crippen LogP contribution in [0.2, 0.25) is 0 Å². The van der Waals surface area contributed by atoms with Crippen molar-refractivity contribution in [2.75, 3.05) is 5.75 Å². The molecular weight excluding hydrogens is 512 g/mol. The first-order valence-electron chi connectivity index (χ1n) is 15.4. The normalized spacial score (nSPS) is 46.2. The van der Waals surface area contributed by atoms with Crippen molar-refractivity contribution in [2.45, 2.75) is 121 Å².